The fourth-order valence-corrected chi connectivity index (χ4v) is 7.86. The third-order valence-corrected chi connectivity index (χ3v) is 11.2. The van der Waals surface area contributed by atoms with Gasteiger partial charge in [-0.25, -0.2) is 0 Å². The molecule has 3 nitrogen and oxygen atoms in total. The molecule has 0 N–H and O–H groups in total. The van der Waals surface area contributed by atoms with Gasteiger partial charge in [0.25, 0.3) is 0 Å². The zero-order chi connectivity index (χ0) is 41.2. The second kappa shape index (κ2) is 15.0. The Labute approximate surface area is 345 Å². The van der Waals surface area contributed by atoms with E-state index in [1.807, 2.05) is 53.1 Å². The summed E-state index contributed by atoms with van der Waals surface area (Å²) in [6, 6.07) is 38.3. The Balaban J connectivity index is 0.000000234. The van der Waals surface area contributed by atoms with Gasteiger partial charge >= 0.3 is 20.1 Å². The van der Waals surface area contributed by atoms with Crippen molar-refractivity contribution in [1.82, 2.24) is 4.98 Å². The second-order valence-corrected chi connectivity index (χ2v) is 16.6. The van der Waals surface area contributed by atoms with E-state index in [9.17, 15) is 1.37 Å². The minimum atomic E-state index is -2.35. The largest absolute Gasteiger partial charge is 3.00 e. The monoisotopic (exact) mass is 903 g/mol. The molecule has 9 rings (SSSR count). The molecule has 8 aromatic rings. The standard InChI is InChI=1S/C34H30NO.C17H20N.Ir/c1-21-20-35-30(19-29(21)23-15-17-34(2,3)18-16-23)28-10-6-9-26-27-14-13-24-12-11-22-7-4-5-8-25(22)31(24)33(27)36-32(26)28;1-13-8-6-7-9-15(13)16-11-10-14(12-18(16)5)17(2,3)4;/h4-9,11-14,19-20,23H,15-18H2,1-3H3;6-12H,1,5H2,2-4H3;/q2*-1;+3/i1D3,23D;;. The van der Waals surface area contributed by atoms with Crippen molar-refractivity contribution >= 4 is 43.5 Å². The van der Waals surface area contributed by atoms with Gasteiger partial charge in [-0.05, 0) is 87.8 Å². The van der Waals surface area contributed by atoms with Gasteiger partial charge in [0.15, 0.2) is 0 Å². The summed E-state index contributed by atoms with van der Waals surface area (Å²) in [7, 11) is 4.10. The predicted octanol–water partition coefficient (Wildman–Crippen LogP) is 13.5. The molecule has 0 spiro atoms. The van der Waals surface area contributed by atoms with Crippen LogP contribution in [-0.4, -0.2) is 4.98 Å². The van der Waals surface area contributed by atoms with Gasteiger partial charge in [-0.1, -0.05) is 118 Å². The quantitative estimate of drug-likeness (QED) is 0.100. The van der Waals surface area contributed by atoms with Gasteiger partial charge in [0.05, 0.1) is 17.5 Å². The molecule has 1 fully saturated rings. The number of hydrogen-bond donors (Lipinski definition) is 0. The van der Waals surface area contributed by atoms with Crippen molar-refractivity contribution in [3.05, 3.63) is 158 Å². The maximum absolute atomic E-state index is 9.42. The van der Waals surface area contributed by atoms with E-state index in [0.717, 1.165) is 67.6 Å². The van der Waals surface area contributed by atoms with Gasteiger partial charge in [-0.3, -0.25) is 0 Å². The van der Waals surface area contributed by atoms with Crippen LogP contribution in [0.4, 0.5) is 0 Å². The zero-order valence-electron chi connectivity index (χ0n) is 36.3. The summed E-state index contributed by atoms with van der Waals surface area (Å²) >= 11 is 0. The van der Waals surface area contributed by atoms with E-state index in [1.165, 1.54) is 11.8 Å². The summed E-state index contributed by atoms with van der Waals surface area (Å²) in [4.78, 5) is 4.63. The molecule has 5 aromatic carbocycles. The Morgan fingerprint density at radius 2 is 1.58 bits per heavy atom. The number of nitrogens with zero attached hydrogens (tertiary/aromatic N) is 2. The Hall–Kier alpha value is -4.89. The molecule has 0 unspecified atom stereocenters. The molecule has 278 valence electrons. The second-order valence-electron chi connectivity index (χ2n) is 16.6. The zero-order valence-corrected chi connectivity index (χ0v) is 34.7. The van der Waals surface area contributed by atoms with Gasteiger partial charge in [-0.15, -0.1) is 35.9 Å². The molecule has 0 bridgehead atoms. The van der Waals surface area contributed by atoms with Gasteiger partial charge < -0.3 is 14.0 Å². The van der Waals surface area contributed by atoms with E-state index < -0.39 is 12.7 Å². The fourth-order valence-electron chi connectivity index (χ4n) is 7.86. The van der Waals surface area contributed by atoms with Crippen molar-refractivity contribution < 1.29 is 34.6 Å². The first-order valence-electron chi connectivity index (χ1n) is 20.9. The summed E-state index contributed by atoms with van der Waals surface area (Å²) in [5, 5.41) is 6.43. The van der Waals surface area contributed by atoms with Crippen molar-refractivity contribution in [2.45, 2.75) is 78.5 Å². The number of furan rings is 1. The summed E-state index contributed by atoms with van der Waals surface area (Å²) in [5.41, 5.74) is 8.29. The van der Waals surface area contributed by atoms with Crippen LogP contribution in [0.1, 0.15) is 93.9 Å². The summed E-state index contributed by atoms with van der Waals surface area (Å²) < 4.78 is 42.6. The topological polar surface area (TPSA) is 29.9 Å². The normalized spacial score (nSPS) is 16.4. The molecule has 0 amide bonds. The van der Waals surface area contributed by atoms with Gasteiger partial charge in [0.1, 0.15) is 5.58 Å². The maximum Gasteiger partial charge on any atom is 3.00 e. The van der Waals surface area contributed by atoms with Crippen molar-refractivity contribution in [3.63, 3.8) is 0 Å². The molecule has 0 atom stereocenters. The van der Waals surface area contributed by atoms with Crippen molar-refractivity contribution in [3.8, 4) is 22.5 Å². The number of aromatic nitrogens is 2. The third kappa shape index (κ3) is 7.43. The van der Waals surface area contributed by atoms with Crippen LogP contribution in [0.5, 0.6) is 0 Å². The predicted molar refractivity (Wildman–Crippen MR) is 227 cm³/mol. The van der Waals surface area contributed by atoms with Gasteiger partial charge in [-0.2, -0.15) is 18.6 Å². The third-order valence-electron chi connectivity index (χ3n) is 11.2. The Kier molecular flexibility index (Phi) is 9.11. The number of rotatable bonds is 3. The van der Waals surface area contributed by atoms with E-state index in [-0.39, 0.29) is 36.5 Å². The number of aryl methyl sites for hydroxylation is 1. The van der Waals surface area contributed by atoms with Gasteiger partial charge in [0, 0.05) is 29.5 Å². The number of pyridine rings is 2. The van der Waals surface area contributed by atoms with Gasteiger partial charge in [0.2, 0.25) is 0 Å². The first-order chi connectivity index (χ1) is 27.4. The van der Waals surface area contributed by atoms with Crippen LogP contribution in [0, 0.1) is 32.3 Å². The summed E-state index contributed by atoms with van der Waals surface area (Å²) in [6.45, 7) is 12.8. The molecule has 0 radical (unpaired) electrons. The van der Waals surface area contributed by atoms with Crippen LogP contribution in [-0.2, 0) is 25.5 Å². The maximum atomic E-state index is 9.42. The Morgan fingerprint density at radius 1 is 0.873 bits per heavy atom. The molecular formula is C51H50IrN2O+. The van der Waals surface area contributed by atoms with E-state index in [1.54, 1.807) is 0 Å². The van der Waals surface area contributed by atoms with Crippen molar-refractivity contribution in [2.24, 2.45) is 5.41 Å². The summed E-state index contributed by atoms with van der Waals surface area (Å²) in [5.74, 6) is -0.978. The average molecular weight is 903 g/mol. The van der Waals surface area contributed by atoms with E-state index in [4.69, 9.17) is 8.53 Å². The van der Waals surface area contributed by atoms with E-state index in [0.29, 0.717) is 35.2 Å². The minimum Gasteiger partial charge on any atom is -0.500 e. The van der Waals surface area contributed by atoms with Crippen LogP contribution in [0.3, 0.4) is 0 Å². The van der Waals surface area contributed by atoms with Crippen molar-refractivity contribution in [1.29, 1.82) is 0 Å². The van der Waals surface area contributed by atoms with Crippen LogP contribution in [0.15, 0.2) is 120 Å². The molecule has 0 aliphatic heterocycles. The van der Waals surface area contributed by atoms with E-state index in [2.05, 4.69) is 120 Å². The smallest absolute Gasteiger partial charge is 0.500 e. The molecule has 4 heteroatoms. The van der Waals surface area contributed by atoms with Crippen LogP contribution >= 0.6 is 0 Å². The molecule has 1 aliphatic carbocycles. The molecule has 55 heavy (non-hydrogen) atoms. The Morgan fingerprint density at radius 3 is 2.33 bits per heavy atom. The van der Waals surface area contributed by atoms with Crippen LogP contribution < -0.4 is 4.57 Å². The number of fused-ring (bicyclic) bond motifs is 7. The molecule has 1 saturated carbocycles. The first kappa shape index (κ1) is 33.4. The molecule has 0 saturated heterocycles. The van der Waals surface area contributed by atoms with Crippen LogP contribution in [0.25, 0.3) is 66.0 Å². The number of benzene rings is 5. The first-order valence-corrected chi connectivity index (χ1v) is 18.9. The average Bonchev–Trinajstić information content (AvgIpc) is 3.58. The SMILES string of the molecule is [2H]C([2H])([2H])c1cnc(-c2[c-]ccc3c2oc2c3ccc3ccc4ccccc4c32)cc1C1([2H])CCC(C)(C)CC1.[CH2-]c1ccccc1-c1ccc(C(C)(C)C)c[n+]1[CH2-].[Ir+3]. The fraction of sp³-hybridized carbons (Fsp3) is 0.255. The van der Waals surface area contributed by atoms with Crippen molar-refractivity contribution in [2.75, 3.05) is 0 Å². The molecule has 1 aliphatic rings. The number of hydrogen-bond acceptors (Lipinski definition) is 2. The molecule has 3 heterocycles. The summed E-state index contributed by atoms with van der Waals surface area (Å²) in [6.07, 6.45) is 6.53. The van der Waals surface area contributed by atoms with E-state index >= 15 is 0 Å². The Bertz CT molecular complexity index is 2840. The molecule has 3 aromatic heterocycles. The minimum absolute atomic E-state index is 0. The molecular weight excluding hydrogens is 849 g/mol. The van der Waals surface area contributed by atoms with Crippen LogP contribution in [0.2, 0.25) is 0 Å².